The fourth-order valence-electron chi connectivity index (χ4n) is 2.89. The van der Waals surface area contributed by atoms with Crippen molar-refractivity contribution in [1.82, 2.24) is 10.2 Å². The van der Waals surface area contributed by atoms with Gasteiger partial charge in [0.05, 0.1) is 0 Å². The van der Waals surface area contributed by atoms with Gasteiger partial charge in [-0.25, -0.2) is 0 Å². The monoisotopic (exact) mass is 312 g/mol. The van der Waals surface area contributed by atoms with Crippen molar-refractivity contribution in [3.63, 3.8) is 0 Å². The minimum atomic E-state index is -5.15. The molecule has 0 aromatic heterocycles. The second-order valence-electron chi connectivity index (χ2n) is 5.51. The zero-order valence-electron chi connectivity index (χ0n) is 12.6. The molecule has 1 aromatic carbocycles. The third kappa shape index (κ3) is 3.55. The molecule has 22 heavy (non-hydrogen) atoms. The van der Waals surface area contributed by atoms with Crippen LogP contribution in [-0.4, -0.2) is 38.1 Å². The Hall–Kier alpha value is -1.70. The van der Waals surface area contributed by atoms with Crippen molar-refractivity contribution in [3.8, 4) is 0 Å². The molecule has 1 saturated heterocycles. The molecule has 0 bridgehead atoms. The highest BCUT2D eigenvalue weighted by Crippen LogP contribution is 2.27. The maximum atomic E-state index is 13.4. The molecule has 1 N–H and O–H groups in total. The van der Waals surface area contributed by atoms with Gasteiger partial charge in [0, 0.05) is 43.3 Å². The lowest BCUT2D eigenvalue weighted by atomic mass is 9.72. The number of halogens is 3. The van der Waals surface area contributed by atoms with Crippen molar-refractivity contribution < 1.29 is 12.9 Å². The normalized spacial score (nSPS) is 16.4. The van der Waals surface area contributed by atoms with Gasteiger partial charge in [-0.05, 0) is 31.0 Å². The number of rotatable bonds is 4. The summed E-state index contributed by atoms with van der Waals surface area (Å²) < 4.78 is 40.2. The molecule has 0 saturated carbocycles. The van der Waals surface area contributed by atoms with E-state index in [4.69, 9.17) is 5.53 Å². The van der Waals surface area contributed by atoms with Crippen molar-refractivity contribution in [1.29, 1.82) is 0 Å². The zero-order chi connectivity index (χ0) is 16.3. The Kier molecular flexibility index (Phi) is 5.00. The largest absolute Gasteiger partial charge is 0.510 e. The van der Waals surface area contributed by atoms with Gasteiger partial charge >= 0.3 is 6.98 Å². The Morgan fingerprint density at radius 1 is 1.27 bits per heavy atom. The number of hydrogen-bond donors (Lipinski definition) is 1. The van der Waals surface area contributed by atoms with Crippen LogP contribution in [0.2, 0.25) is 0 Å². The van der Waals surface area contributed by atoms with E-state index in [0.29, 0.717) is 12.1 Å². The molecule has 1 aromatic rings. The first-order valence-corrected chi connectivity index (χ1v) is 7.15. The Balaban J connectivity index is 2.48. The summed E-state index contributed by atoms with van der Waals surface area (Å²) in [6, 6.07) is 1.58. The van der Waals surface area contributed by atoms with Gasteiger partial charge in [-0.2, -0.15) is 0 Å². The van der Waals surface area contributed by atoms with Crippen LogP contribution in [0.3, 0.4) is 0 Å². The molecule has 0 radical (unpaired) electrons. The number of nitrogens with zero attached hydrogens (tertiary/aromatic N) is 4. The third-order valence-corrected chi connectivity index (χ3v) is 4.07. The van der Waals surface area contributed by atoms with Gasteiger partial charge in [-0.15, -0.1) is 5.46 Å². The van der Waals surface area contributed by atoms with Gasteiger partial charge < -0.3 is 18.3 Å². The summed E-state index contributed by atoms with van der Waals surface area (Å²) in [4.78, 5) is 4.75. The van der Waals surface area contributed by atoms with E-state index in [-0.39, 0.29) is 16.8 Å². The first-order valence-electron chi connectivity index (χ1n) is 7.15. The topological polar surface area (TPSA) is 64.0 Å². The number of hydrogen-bond acceptors (Lipinski definition) is 3. The second kappa shape index (κ2) is 6.60. The Labute approximate surface area is 127 Å². The summed E-state index contributed by atoms with van der Waals surface area (Å²) in [5.74, 6) is 0. The molecule has 9 heteroatoms. The highest BCUT2D eigenvalue weighted by Gasteiger charge is 2.31. The Morgan fingerprint density at radius 2 is 1.91 bits per heavy atom. The summed E-state index contributed by atoms with van der Waals surface area (Å²) >= 11 is 0. The Bertz CT molecular complexity index is 605. The van der Waals surface area contributed by atoms with E-state index < -0.39 is 12.4 Å². The van der Waals surface area contributed by atoms with E-state index in [0.717, 1.165) is 26.2 Å². The predicted molar refractivity (Wildman–Crippen MR) is 81.6 cm³/mol. The van der Waals surface area contributed by atoms with E-state index in [1.165, 1.54) is 13.8 Å². The van der Waals surface area contributed by atoms with Crippen LogP contribution >= 0.6 is 0 Å². The van der Waals surface area contributed by atoms with Crippen LogP contribution in [-0.2, 0) is 6.54 Å². The second-order valence-corrected chi connectivity index (χ2v) is 5.51. The van der Waals surface area contributed by atoms with Crippen molar-refractivity contribution in [2.24, 2.45) is 5.11 Å². The zero-order valence-corrected chi connectivity index (χ0v) is 12.6. The number of piperazine rings is 1. The SMILES string of the molecule is Cc1c(CN2CCNCC2)cc(N=[N+]=[N-])c(C)c1[B-](F)(F)F. The van der Waals surface area contributed by atoms with Crippen LogP contribution in [0.1, 0.15) is 16.7 Å². The van der Waals surface area contributed by atoms with Crippen LogP contribution in [0.25, 0.3) is 10.4 Å². The highest BCUT2D eigenvalue weighted by molar-refractivity contribution is 6.74. The fourth-order valence-corrected chi connectivity index (χ4v) is 2.89. The van der Waals surface area contributed by atoms with Crippen LogP contribution in [0, 0.1) is 13.8 Å². The lowest BCUT2D eigenvalue weighted by Crippen LogP contribution is -2.44. The number of azide groups is 1. The van der Waals surface area contributed by atoms with Gasteiger partial charge in [-0.1, -0.05) is 16.2 Å². The van der Waals surface area contributed by atoms with Gasteiger partial charge in [0.1, 0.15) is 0 Å². The molecule has 0 spiro atoms. The minimum absolute atomic E-state index is 0.00635. The lowest BCUT2D eigenvalue weighted by molar-refractivity contribution is 0.233. The molecule has 0 aliphatic carbocycles. The molecule has 1 fully saturated rings. The molecule has 1 aliphatic rings. The van der Waals surface area contributed by atoms with Gasteiger partial charge in [0.15, 0.2) is 0 Å². The average Bonchev–Trinajstić information content (AvgIpc) is 2.44. The molecule has 0 amide bonds. The molecule has 1 aliphatic heterocycles. The highest BCUT2D eigenvalue weighted by atomic mass is 19.4. The fraction of sp³-hybridized carbons (Fsp3) is 0.538. The van der Waals surface area contributed by atoms with Gasteiger partial charge in [0.2, 0.25) is 0 Å². The van der Waals surface area contributed by atoms with E-state index in [1.807, 2.05) is 0 Å². The van der Waals surface area contributed by atoms with Crippen molar-refractivity contribution in [2.75, 3.05) is 26.2 Å². The van der Waals surface area contributed by atoms with E-state index in [1.54, 1.807) is 6.07 Å². The van der Waals surface area contributed by atoms with E-state index in [9.17, 15) is 12.9 Å². The minimum Gasteiger partial charge on any atom is -0.445 e. The molecule has 0 unspecified atom stereocenters. The maximum Gasteiger partial charge on any atom is 0.510 e. The molecule has 0 atom stereocenters. The molecule has 1 heterocycles. The Morgan fingerprint density at radius 3 is 2.45 bits per heavy atom. The molecule has 5 nitrogen and oxygen atoms in total. The van der Waals surface area contributed by atoms with Crippen LogP contribution in [0.15, 0.2) is 11.2 Å². The average molecular weight is 312 g/mol. The van der Waals surface area contributed by atoms with Gasteiger partial charge in [0.25, 0.3) is 0 Å². The summed E-state index contributed by atoms with van der Waals surface area (Å²) in [7, 11) is 0. The molecule has 120 valence electrons. The van der Waals surface area contributed by atoms with Crippen LogP contribution in [0.5, 0.6) is 0 Å². The van der Waals surface area contributed by atoms with E-state index in [2.05, 4.69) is 20.2 Å². The maximum absolute atomic E-state index is 13.4. The number of nitrogens with one attached hydrogen (secondary N) is 1. The summed E-state index contributed by atoms with van der Waals surface area (Å²) in [5, 5.41) is 6.64. The summed E-state index contributed by atoms with van der Waals surface area (Å²) in [6.45, 7) is 1.35. The number of benzene rings is 1. The quantitative estimate of drug-likeness (QED) is 0.402. The standard InChI is InChI=1S/C13H18BF3N5/c1-9-11(8-22-5-3-19-4-6-22)7-12(20-21-18)10(2)13(9)14(15,16)17/h7,19H,3-6,8H2,1-2H3/q-1. The van der Waals surface area contributed by atoms with Crippen molar-refractivity contribution in [3.05, 3.63) is 33.2 Å². The first kappa shape index (κ1) is 16.7. The van der Waals surface area contributed by atoms with Crippen LogP contribution in [0.4, 0.5) is 18.6 Å². The smallest absolute Gasteiger partial charge is 0.445 e. The van der Waals surface area contributed by atoms with Crippen molar-refractivity contribution >= 4 is 18.1 Å². The van der Waals surface area contributed by atoms with Crippen molar-refractivity contribution in [2.45, 2.75) is 20.4 Å². The molecular weight excluding hydrogens is 294 g/mol. The lowest BCUT2D eigenvalue weighted by Gasteiger charge is -2.30. The summed E-state index contributed by atoms with van der Waals surface area (Å²) in [5.41, 5.74) is 8.83. The first-order chi connectivity index (χ1) is 10.3. The molecule has 2 rings (SSSR count). The van der Waals surface area contributed by atoms with Crippen LogP contribution < -0.4 is 10.8 Å². The predicted octanol–water partition coefficient (Wildman–Crippen LogP) is 2.70. The third-order valence-electron chi connectivity index (χ3n) is 4.07. The summed E-state index contributed by atoms with van der Waals surface area (Å²) in [6.07, 6.45) is 0. The van der Waals surface area contributed by atoms with Gasteiger partial charge in [-0.3, -0.25) is 4.90 Å². The molecular formula is C13H18BF3N5-. The van der Waals surface area contributed by atoms with E-state index >= 15 is 0 Å².